The molecule has 0 aliphatic carbocycles. The predicted octanol–water partition coefficient (Wildman–Crippen LogP) is 0.869. The molecule has 28 heavy (non-hydrogen) atoms. The van der Waals surface area contributed by atoms with Gasteiger partial charge in [-0.25, -0.2) is 4.39 Å². The van der Waals surface area contributed by atoms with E-state index in [1.807, 2.05) is 4.90 Å². The van der Waals surface area contributed by atoms with Gasteiger partial charge in [0.05, 0.1) is 25.3 Å². The maximum atomic E-state index is 13.6. The van der Waals surface area contributed by atoms with Crippen molar-refractivity contribution in [2.45, 2.75) is 25.4 Å². The molecule has 2 heterocycles. The van der Waals surface area contributed by atoms with Crippen LogP contribution in [0.2, 0.25) is 0 Å². The fourth-order valence-corrected chi connectivity index (χ4v) is 3.94. The summed E-state index contributed by atoms with van der Waals surface area (Å²) in [4.78, 5) is 28.1. The topological polar surface area (TPSA) is 82.1 Å². The lowest BCUT2D eigenvalue weighted by atomic mass is 9.90. The number of hydrogen-bond acceptors (Lipinski definition) is 5. The van der Waals surface area contributed by atoms with Gasteiger partial charge in [-0.15, -0.1) is 0 Å². The van der Waals surface area contributed by atoms with E-state index in [4.69, 9.17) is 4.74 Å². The van der Waals surface area contributed by atoms with Gasteiger partial charge in [-0.05, 0) is 43.4 Å². The molecule has 2 aliphatic heterocycles. The highest BCUT2D eigenvalue weighted by molar-refractivity contribution is 5.97. The third-order valence-electron chi connectivity index (χ3n) is 5.55. The van der Waals surface area contributed by atoms with Crippen LogP contribution in [0.4, 0.5) is 4.39 Å². The van der Waals surface area contributed by atoms with Crippen molar-refractivity contribution in [1.82, 2.24) is 15.1 Å². The van der Waals surface area contributed by atoms with E-state index in [9.17, 15) is 19.1 Å². The quantitative estimate of drug-likeness (QED) is 0.776. The van der Waals surface area contributed by atoms with Gasteiger partial charge in [-0.1, -0.05) is 0 Å². The number of nitrogens with zero attached hydrogens (tertiary/aromatic N) is 2. The van der Waals surface area contributed by atoms with E-state index < -0.39 is 11.9 Å². The van der Waals surface area contributed by atoms with Crippen LogP contribution in [0, 0.1) is 11.7 Å². The van der Waals surface area contributed by atoms with Gasteiger partial charge in [0.1, 0.15) is 11.6 Å². The van der Waals surface area contributed by atoms with Gasteiger partial charge in [0, 0.05) is 32.7 Å². The molecular formula is C20H28FN3O4. The Labute approximate surface area is 164 Å². The molecule has 2 N–H and O–H groups in total. The summed E-state index contributed by atoms with van der Waals surface area (Å²) in [5, 5.41) is 13.4. The molecule has 1 atom stereocenters. The average molecular weight is 393 g/mol. The molecule has 0 aromatic heterocycles. The lowest BCUT2D eigenvalue weighted by Gasteiger charge is -2.35. The van der Waals surface area contributed by atoms with Crippen molar-refractivity contribution in [3.63, 3.8) is 0 Å². The van der Waals surface area contributed by atoms with Crippen molar-refractivity contribution in [3.8, 4) is 5.75 Å². The van der Waals surface area contributed by atoms with Gasteiger partial charge in [0.25, 0.3) is 5.91 Å². The first-order chi connectivity index (χ1) is 13.5. The highest BCUT2D eigenvalue weighted by Crippen LogP contribution is 2.26. The molecule has 2 aliphatic rings. The zero-order valence-corrected chi connectivity index (χ0v) is 16.2. The van der Waals surface area contributed by atoms with Crippen molar-refractivity contribution in [2.24, 2.45) is 5.92 Å². The number of carbonyl (C=O) groups is 2. The summed E-state index contributed by atoms with van der Waals surface area (Å²) in [6.45, 7) is 3.24. The molecule has 8 heteroatoms. The van der Waals surface area contributed by atoms with E-state index >= 15 is 0 Å². The van der Waals surface area contributed by atoms with E-state index in [0.29, 0.717) is 51.3 Å². The smallest absolute Gasteiger partial charge is 0.257 e. The monoisotopic (exact) mass is 393 g/mol. The second kappa shape index (κ2) is 9.34. The van der Waals surface area contributed by atoms with Crippen LogP contribution in [0.15, 0.2) is 18.2 Å². The number of carbonyl (C=O) groups excluding carboxylic acids is 2. The van der Waals surface area contributed by atoms with Crippen LogP contribution >= 0.6 is 0 Å². The highest BCUT2D eigenvalue weighted by atomic mass is 19.1. The lowest BCUT2D eigenvalue weighted by molar-refractivity contribution is -0.121. The number of ether oxygens (including phenoxy) is 1. The van der Waals surface area contributed by atoms with Crippen LogP contribution in [0.3, 0.4) is 0 Å². The Hall–Kier alpha value is -2.19. The second-order valence-electron chi connectivity index (χ2n) is 7.48. The maximum Gasteiger partial charge on any atom is 0.257 e. The molecule has 1 aromatic rings. The molecule has 1 aromatic carbocycles. The Bertz CT molecular complexity index is 707. The zero-order chi connectivity index (χ0) is 20.1. The molecule has 3 rings (SSSR count). The maximum absolute atomic E-state index is 13.6. The first kappa shape index (κ1) is 20.5. The fraction of sp³-hybridized carbons (Fsp3) is 0.600. The lowest BCUT2D eigenvalue weighted by Crippen LogP contribution is -2.45. The molecule has 7 nitrogen and oxygen atoms in total. The zero-order valence-electron chi connectivity index (χ0n) is 16.2. The number of nitrogens with one attached hydrogen (secondary N) is 1. The molecule has 2 amide bonds. The summed E-state index contributed by atoms with van der Waals surface area (Å²) in [7, 11) is 1.45. The normalized spacial score (nSPS) is 20.4. The largest absolute Gasteiger partial charge is 0.496 e. The Balaban J connectivity index is 1.54. The number of amides is 2. The van der Waals surface area contributed by atoms with Crippen molar-refractivity contribution >= 4 is 11.8 Å². The minimum atomic E-state index is -0.535. The molecule has 0 bridgehead atoms. The molecule has 0 radical (unpaired) electrons. The number of methoxy groups -OCH3 is 1. The summed E-state index contributed by atoms with van der Waals surface area (Å²) in [5.41, 5.74) is 0.220. The van der Waals surface area contributed by atoms with E-state index in [0.717, 1.165) is 13.0 Å². The van der Waals surface area contributed by atoms with Gasteiger partial charge in [-0.2, -0.15) is 0 Å². The van der Waals surface area contributed by atoms with E-state index in [1.54, 1.807) is 4.90 Å². The Morgan fingerprint density at radius 1 is 1.36 bits per heavy atom. The van der Waals surface area contributed by atoms with Gasteiger partial charge in [0.2, 0.25) is 5.91 Å². The van der Waals surface area contributed by atoms with Crippen LogP contribution < -0.4 is 10.1 Å². The summed E-state index contributed by atoms with van der Waals surface area (Å²) in [5.74, 6) is -0.309. The Morgan fingerprint density at radius 3 is 2.82 bits per heavy atom. The van der Waals surface area contributed by atoms with E-state index in [1.165, 1.54) is 25.3 Å². The third-order valence-corrected chi connectivity index (χ3v) is 5.55. The minimum absolute atomic E-state index is 0.00541. The number of likely N-dealkylation sites (tertiary alicyclic amines) is 1. The van der Waals surface area contributed by atoms with Gasteiger partial charge in [-0.3, -0.25) is 14.5 Å². The average Bonchev–Trinajstić information content (AvgIpc) is 2.91. The molecule has 0 saturated carbocycles. The van der Waals surface area contributed by atoms with E-state index in [2.05, 4.69) is 5.32 Å². The number of piperidine rings is 1. The van der Waals surface area contributed by atoms with Gasteiger partial charge in [0.15, 0.2) is 0 Å². The number of aliphatic hydroxyl groups is 1. The SMILES string of the molecule is COc1ccc(F)cc1C(=O)N1CCC(C(O)CN2CCCNC(=O)C2)CC1. The summed E-state index contributed by atoms with van der Waals surface area (Å²) < 4.78 is 18.7. The molecule has 1 unspecified atom stereocenters. The Kier molecular flexibility index (Phi) is 6.85. The second-order valence-corrected chi connectivity index (χ2v) is 7.48. The number of halogens is 1. The van der Waals surface area contributed by atoms with Crippen LogP contribution in [0.1, 0.15) is 29.6 Å². The first-order valence-electron chi connectivity index (χ1n) is 9.78. The predicted molar refractivity (Wildman–Crippen MR) is 102 cm³/mol. The molecule has 154 valence electrons. The van der Waals surface area contributed by atoms with Crippen LogP contribution in [-0.4, -0.2) is 79.2 Å². The van der Waals surface area contributed by atoms with Gasteiger partial charge >= 0.3 is 0 Å². The Morgan fingerprint density at radius 2 is 2.11 bits per heavy atom. The van der Waals surface area contributed by atoms with E-state index in [-0.39, 0.29) is 23.3 Å². The molecule has 2 saturated heterocycles. The number of aliphatic hydroxyl groups excluding tert-OH is 1. The standard InChI is InChI=1S/C20H28FN3O4/c1-28-18-4-3-15(21)11-16(18)20(27)24-9-5-14(6-10-24)17(25)12-23-8-2-7-22-19(26)13-23/h3-4,11,14,17,25H,2,5-10,12-13H2,1H3,(H,22,26). The van der Waals surface area contributed by atoms with Crippen LogP contribution in [-0.2, 0) is 4.79 Å². The first-order valence-corrected chi connectivity index (χ1v) is 9.78. The molecular weight excluding hydrogens is 365 g/mol. The molecule has 2 fully saturated rings. The molecule has 0 spiro atoms. The summed E-state index contributed by atoms with van der Waals surface area (Å²) >= 11 is 0. The minimum Gasteiger partial charge on any atom is -0.496 e. The number of β-amino-alcohol motifs (C(OH)–C–C–N with tert-alkyl or cyclic N) is 1. The van der Waals surface area contributed by atoms with Crippen LogP contribution in [0.5, 0.6) is 5.75 Å². The van der Waals surface area contributed by atoms with Crippen molar-refractivity contribution < 1.29 is 23.8 Å². The number of hydrogen-bond donors (Lipinski definition) is 2. The third kappa shape index (κ3) is 4.99. The fourth-order valence-electron chi connectivity index (χ4n) is 3.94. The van der Waals surface area contributed by atoms with Crippen molar-refractivity contribution in [2.75, 3.05) is 46.4 Å². The van der Waals surface area contributed by atoms with Crippen LogP contribution in [0.25, 0.3) is 0 Å². The summed E-state index contributed by atoms with van der Waals surface area (Å²) in [6, 6.07) is 3.92. The highest BCUT2D eigenvalue weighted by Gasteiger charge is 2.30. The summed E-state index contributed by atoms with van der Waals surface area (Å²) in [6.07, 6.45) is 1.68. The van der Waals surface area contributed by atoms with Crippen molar-refractivity contribution in [3.05, 3.63) is 29.6 Å². The number of rotatable bonds is 5. The van der Waals surface area contributed by atoms with Gasteiger partial charge < -0.3 is 20.1 Å². The van der Waals surface area contributed by atoms with Crippen molar-refractivity contribution in [1.29, 1.82) is 0 Å². The number of benzene rings is 1.